The van der Waals surface area contributed by atoms with Crippen LogP contribution in [-0.2, 0) is 13.8 Å². The predicted octanol–water partition coefficient (Wildman–Crippen LogP) is 2.86. The molecule has 0 saturated heterocycles. The summed E-state index contributed by atoms with van der Waals surface area (Å²) < 4.78 is 28.6. The molecule has 0 aliphatic rings. The molecule has 0 aliphatic heterocycles. The summed E-state index contributed by atoms with van der Waals surface area (Å²) in [6.07, 6.45) is 1.07. The molecule has 0 radical (unpaired) electrons. The van der Waals surface area contributed by atoms with E-state index in [1.54, 1.807) is 19.9 Å². The molecule has 0 atom stereocenters. The van der Waals surface area contributed by atoms with Crippen molar-refractivity contribution in [3.63, 3.8) is 0 Å². The highest BCUT2D eigenvalue weighted by Crippen LogP contribution is 2.31. The van der Waals surface area contributed by atoms with E-state index in [0.717, 1.165) is 5.56 Å². The number of rotatable bonds is 7. The maximum atomic E-state index is 11.5. The van der Waals surface area contributed by atoms with Gasteiger partial charge >= 0.3 is 5.97 Å². The van der Waals surface area contributed by atoms with E-state index >= 15 is 0 Å². The van der Waals surface area contributed by atoms with Crippen molar-refractivity contribution in [1.82, 2.24) is 0 Å². The summed E-state index contributed by atoms with van der Waals surface area (Å²) in [6, 6.07) is 3.26. The van der Waals surface area contributed by atoms with Crippen molar-refractivity contribution in [3.05, 3.63) is 23.3 Å². The molecule has 1 N–H and O–H groups in total. The Bertz CT molecular complexity index is 595. The zero-order valence-corrected chi connectivity index (χ0v) is 12.9. The van der Waals surface area contributed by atoms with Crippen LogP contribution < -0.4 is 4.74 Å². The van der Waals surface area contributed by atoms with E-state index in [0.29, 0.717) is 18.4 Å². The number of carbonyl (C=O) groups is 1. The van der Waals surface area contributed by atoms with E-state index < -0.39 is 15.0 Å². The first-order chi connectivity index (χ1) is 9.21. The highest BCUT2D eigenvalue weighted by Gasteiger charge is 2.19. The molecular formula is C13H17ClO5S. The fourth-order valence-electron chi connectivity index (χ4n) is 1.83. The van der Waals surface area contributed by atoms with Crippen LogP contribution in [-0.4, -0.2) is 26.1 Å². The highest BCUT2D eigenvalue weighted by molar-refractivity contribution is 8.13. The first kappa shape index (κ1) is 16.8. The van der Waals surface area contributed by atoms with Gasteiger partial charge in [-0.05, 0) is 43.9 Å². The molecule has 1 aromatic carbocycles. The van der Waals surface area contributed by atoms with Crippen LogP contribution in [0, 0.1) is 13.8 Å². The van der Waals surface area contributed by atoms with Crippen LogP contribution in [0.4, 0.5) is 0 Å². The van der Waals surface area contributed by atoms with Crippen LogP contribution >= 0.6 is 10.7 Å². The summed E-state index contributed by atoms with van der Waals surface area (Å²) in [7, 11) is 1.52. The van der Waals surface area contributed by atoms with E-state index in [1.807, 2.05) is 0 Å². The Labute approximate surface area is 122 Å². The van der Waals surface area contributed by atoms with Crippen molar-refractivity contribution in [2.75, 3.05) is 6.61 Å². The Morgan fingerprint density at radius 1 is 1.30 bits per heavy atom. The van der Waals surface area contributed by atoms with Crippen molar-refractivity contribution < 1.29 is 23.1 Å². The van der Waals surface area contributed by atoms with E-state index in [2.05, 4.69) is 0 Å². The van der Waals surface area contributed by atoms with E-state index in [-0.39, 0.29) is 23.7 Å². The maximum absolute atomic E-state index is 11.5. The van der Waals surface area contributed by atoms with Crippen LogP contribution in [0.1, 0.15) is 30.4 Å². The summed E-state index contributed by atoms with van der Waals surface area (Å²) in [6.45, 7) is 3.76. The average molecular weight is 321 g/mol. The van der Waals surface area contributed by atoms with Crippen molar-refractivity contribution >= 4 is 25.7 Å². The van der Waals surface area contributed by atoms with E-state index in [9.17, 15) is 13.2 Å². The zero-order chi connectivity index (χ0) is 15.3. The molecule has 0 aliphatic carbocycles. The van der Waals surface area contributed by atoms with Crippen molar-refractivity contribution in [2.45, 2.75) is 38.0 Å². The third-order valence-electron chi connectivity index (χ3n) is 2.68. The molecule has 0 saturated carbocycles. The van der Waals surface area contributed by atoms with Crippen LogP contribution in [0.3, 0.4) is 0 Å². The fourth-order valence-corrected chi connectivity index (χ4v) is 2.95. The molecule has 0 heterocycles. The van der Waals surface area contributed by atoms with Gasteiger partial charge in [-0.2, -0.15) is 0 Å². The van der Waals surface area contributed by atoms with Gasteiger partial charge in [0.15, 0.2) is 0 Å². The second-order valence-corrected chi connectivity index (χ2v) is 7.08. The predicted molar refractivity (Wildman–Crippen MR) is 75.9 cm³/mol. The number of carboxylic acid groups (broad SMARTS) is 1. The Hall–Kier alpha value is -1.27. The Morgan fingerprint density at radius 3 is 2.50 bits per heavy atom. The van der Waals surface area contributed by atoms with Gasteiger partial charge in [-0.25, -0.2) is 8.42 Å². The van der Waals surface area contributed by atoms with Gasteiger partial charge in [0.1, 0.15) is 10.6 Å². The number of halogens is 1. The normalized spacial score (nSPS) is 11.3. The van der Waals surface area contributed by atoms with Crippen LogP contribution in [0.15, 0.2) is 17.0 Å². The Kier molecular flexibility index (Phi) is 5.83. The quantitative estimate of drug-likeness (QED) is 0.617. The molecule has 5 nitrogen and oxygen atoms in total. The summed E-state index contributed by atoms with van der Waals surface area (Å²) in [5.41, 5.74) is 1.46. The van der Waals surface area contributed by atoms with E-state index in [4.69, 9.17) is 20.5 Å². The second-order valence-electron chi connectivity index (χ2n) is 4.55. The molecule has 112 valence electrons. The number of unbranched alkanes of at least 4 members (excludes halogenated alkanes) is 1. The summed E-state index contributed by atoms with van der Waals surface area (Å²) >= 11 is 0. The zero-order valence-electron chi connectivity index (χ0n) is 11.3. The van der Waals surface area contributed by atoms with Crippen LogP contribution in [0.2, 0.25) is 0 Å². The lowest BCUT2D eigenvalue weighted by molar-refractivity contribution is -0.137. The minimum atomic E-state index is -3.88. The number of benzene rings is 1. The van der Waals surface area contributed by atoms with Gasteiger partial charge < -0.3 is 9.84 Å². The van der Waals surface area contributed by atoms with Gasteiger partial charge in [0.05, 0.1) is 6.61 Å². The number of carboxylic acids is 1. The number of aryl methyl sites for hydroxylation is 2. The van der Waals surface area contributed by atoms with Crippen LogP contribution in [0.25, 0.3) is 0 Å². The minimum absolute atomic E-state index is 0.0464. The summed E-state index contributed by atoms with van der Waals surface area (Å²) in [4.78, 5) is 10.3. The second kappa shape index (κ2) is 6.95. The SMILES string of the molecule is Cc1cc(C)c(OCCCCC(=O)O)c(S(=O)(=O)Cl)c1. The Morgan fingerprint density at radius 2 is 1.95 bits per heavy atom. The lowest BCUT2D eigenvalue weighted by Crippen LogP contribution is -2.05. The molecule has 0 fully saturated rings. The maximum Gasteiger partial charge on any atom is 0.303 e. The molecule has 20 heavy (non-hydrogen) atoms. The smallest absolute Gasteiger partial charge is 0.303 e. The molecule has 1 aromatic rings. The van der Waals surface area contributed by atoms with Gasteiger partial charge in [0.25, 0.3) is 9.05 Å². The van der Waals surface area contributed by atoms with Crippen molar-refractivity contribution in [1.29, 1.82) is 0 Å². The first-order valence-corrected chi connectivity index (χ1v) is 8.43. The third-order valence-corrected chi connectivity index (χ3v) is 4.01. The number of ether oxygens (including phenoxy) is 1. The first-order valence-electron chi connectivity index (χ1n) is 6.12. The largest absolute Gasteiger partial charge is 0.492 e. The molecule has 0 bridgehead atoms. The number of hydrogen-bond donors (Lipinski definition) is 1. The Balaban J connectivity index is 2.81. The topological polar surface area (TPSA) is 80.7 Å². The van der Waals surface area contributed by atoms with Crippen molar-refractivity contribution in [3.8, 4) is 5.75 Å². The molecule has 0 unspecified atom stereocenters. The standard InChI is InChI=1S/C13H17ClO5S/c1-9-7-10(2)13(11(8-9)20(14,17)18)19-6-4-3-5-12(15)16/h7-8H,3-6H2,1-2H3,(H,15,16). The molecule has 7 heteroatoms. The van der Waals surface area contributed by atoms with Crippen LogP contribution in [0.5, 0.6) is 5.75 Å². The minimum Gasteiger partial charge on any atom is -0.492 e. The average Bonchev–Trinajstić information content (AvgIpc) is 2.28. The van der Waals surface area contributed by atoms with Gasteiger partial charge in [0, 0.05) is 17.1 Å². The van der Waals surface area contributed by atoms with Gasteiger partial charge in [0.2, 0.25) is 0 Å². The molecule has 0 amide bonds. The van der Waals surface area contributed by atoms with Gasteiger partial charge in [-0.1, -0.05) is 6.07 Å². The molecule has 0 spiro atoms. The molecule has 1 rings (SSSR count). The third kappa shape index (κ3) is 5.02. The van der Waals surface area contributed by atoms with Crippen molar-refractivity contribution in [2.24, 2.45) is 0 Å². The summed E-state index contributed by atoms with van der Waals surface area (Å²) in [5.74, 6) is -0.624. The number of hydrogen-bond acceptors (Lipinski definition) is 4. The monoisotopic (exact) mass is 320 g/mol. The lowest BCUT2D eigenvalue weighted by Gasteiger charge is -2.13. The van der Waals surface area contributed by atoms with E-state index in [1.165, 1.54) is 6.07 Å². The molecule has 0 aromatic heterocycles. The van der Waals surface area contributed by atoms with Gasteiger partial charge in [-0.15, -0.1) is 0 Å². The molecular weight excluding hydrogens is 304 g/mol. The number of aliphatic carboxylic acids is 1. The summed E-state index contributed by atoms with van der Waals surface area (Å²) in [5, 5.41) is 8.52. The highest BCUT2D eigenvalue weighted by atomic mass is 35.7. The fraction of sp³-hybridized carbons (Fsp3) is 0.462. The van der Waals surface area contributed by atoms with Gasteiger partial charge in [-0.3, -0.25) is 4.79 Å². The lowest BCUT2D eigenvalue weighted by atomic mass is 10.1.